The molecule has 0 radical (unpaired) electrons. The van der Waals surface area contributed by atoms with Crippen molar-refractivity contribution in [3.05, 3.63) is 42.3 Å². The van der Waals surface area contributed by atoms with Crippen LogP contribution in [0.25, 0.3) is 11.3 Å². The highest BCUT2D eigenvalue weighted by Crippen LogP contribution is 2.29. The zero-order valence-electron chi connectivity index (χ0n) is 14.5. The van der Waals surface area contributed by atoms with Crippen LogP contribution in [0.2, 0.25) is 0 Å². The minimum Gasteiger partial charge on any atom is -0.358 e. The molecule has 0 atom stereocenters. The van der Waals surface area contributed by atoms with Gasteiger partial charge < -0.3 is 10.6 Å². The normalized spacial score (nSPS) is 14.4. The maximum absolute atomic E-state index is 12.2. The number of hydrogen-bond donors (Lipinski definition) is 2. The van der Waals surface area contributed by atoms with Gasteiger partial charge in [-0.3, -0.25) is 4.79 Å². The summed E-state index contributed by atoms with van der Waals surface area (Å²) in [6.07, 6.45) is 8.65. The maximum atomic E-state index is 12.2. The van der Waals surface area contributed by atoms with Crippen molar-refractivity contribution in [3.63, 3.8) is 0 Å². The molecule has 2 N–H and O–H groups in total. The molecule has 4 nitrogen and oxygen atoms in total. The fourth-order valence-electron chi connectivity index (χ4n) is 3.26. The van der Waals surface area contributed by atoms with Crippen LogP contribution < -0.4 is 10.6 Å². The highest BCUT2D eigenvalue weighted by Gasteiger charge is 2.16. The summed E-state index contributed by atoms with van der Waals surface area (Å²) in [5.74, 6) is 0.851. The van der Waals surface area contributed by atoms with Gasteiger partial charge in [-0.1, -0.05) is 43.9 Å². The Morgan fingerprint density at radius 1 is 1.36 bits per heavy atom. The van der Waals surface area contributed by atoms with E-state index >= 15 is 0 Å². The molecule has 1 fully saturated rings. The molecular formula is C20H25N3OS. The number of hydrogen-bond acceptors (Lipinski definition) is 4. The van der Waals surface area contributed by atoms with Crippen LogP contribution in [-0.4, -0.2) is 17.4 Å². The number of rotatable bonds is 8. The number of nitrogens with one attached hydrogen (secondary N) is 2. The van der Waals surface area contributed by atoms with E-state index in [1.54, 1.807) is 11.3 Å². The van der Waals surface area contributed by atoms with Crippen LogP contribution in [0.4, 0.5) is 10.8 Å². The van der Waals surface area contributed by atoms with E-state index in [4.69, 9.17) is 0 Å². The first-order valence-electron chi connectivity index (χ1n) is 8.95. The SMILES string of the molecule is C=CCNc1nc(-c2cccc(NC(=O)CCC3CCCC3)c2)cs1. The molecule has 1 amide bonds. The second kappa shape index (κ2) is 8.81. The smallest absolute Gasteiger partial charge is 0.224 e. The molecule has 1 aromatic carbocycles. The van der Waals surface area contributed by atoms with Crippen LogP contribution in [0.3, 0.4) is 0 Å². The van der Waals surface area contributed by atoms with Crippen molar-refractivity contribution in [2.75, 3.05) is 17.2 Å². The van der Waals surface area contributed by atoms with Crippen molar-refractivity contribution >= 4 is 28.1 Å². The largest absolute Gasteiger partial charge is 0.358 e. The molecule has 25 heavy (non-hydrogen) atoms. The molecule has 5 heteroatoms. The second-order valence-electron chi connectivity index (χ2n) is 6.53. The van der Waals surface area contributed by atoms with Crippen LogP contribution >= 0.6 is 11.3 Å². The molecule has 0 saturated heterocycles. The summed E-state index contributed by atoms with van der Waals surface area (Å²) in [6.45, 7) is 4.39. The number of aromatic nitrogens is 1. The van der Waals surface area contributed by atoms with E-state index in [2.05, 4.69) is 22.2 Å². The number of carbonyl (C=O) groups is 1. The Hall–Kier alpha value is -2.14. The average molecular weight is 356 g/mol. The van der Waals surface area contributed by atoms with Gasteiger partial charge in [-0.2, -0.15) is 0 Å². The van der Waals surface area contributed by atoms with Gasteiger partial charge in [-0.15, -0.1) is 17.9 Å². The lowest BCUT2D eigenvalue weighted by Crippen LogP contribution is -2.12. The summed E-state index contributed by atoms with van der Waals surface area (Å²) >= 11 is 1.57. The first-order chi connectivity index (χ1) is 12.2. The molecule has 0 bridgehead atoms. The molecule has 1 aliphatic rings. The van der Waals surface area contributed by atoms with Gasteiger partial charge in [0.2, 0.25) is 5.91 Å². The summed E-state index contributed by atoms with van der Waals surface area (Å²) in [5.41, 5.74) is 2.76. The maximum Gasteiger partial charge on any atom is 0.224 e. The van der Waals surface area contributed by atoms with Gasteiger partial charge in [-0.25, -0.2) is 4.98 Å². The summed E-state index contributed by atoms with van der Waals surface area (Å²) in [6, 6.07) is 7.89. The van der Waals surface area contributed by atoms with Crippen LogP contribution in [0.1, 0.15) is 38.5 Å². The average Bonchev–Trinajstić information content (AvgIpc) is 3.30. The molecule has 0 unspecified atom stereocenters. The van der Waals surface area contributed by atoms with E-state index in [-0.39, 0.29) is 5.91 Å². The van der Waals surface area contributed by atoms with E-state index in [1.807, 2.05) is 35.7 Å². The first-order valence-corrected chi connectivity index (χ1v) is 9.83. The van der Waals surface area contributed by atoms with Crippen molar-refractivity contribution in [3.8, 4) is 11.3 Å². The number of anilines is 2. The molecule has 1 saturated carbocycles. The predicted octanol–water partition coefficient (Wildman–Crippen LogP) is 5.32. The topological polar surface area (TPSA) is 54.0 Å². The number of thiazole rings is 1. The zero-order valence-corrected chi connectivity index (χ0v) is 15.3. The van der Waals surface area contributed by atoms with Crippen molar-refractivity contribution in [2.24, 2.45) is 5.92 Å². The number of nitrogens with zero attached hydrogens (tertiary/aromatic N) is 1. The quantitative estimate of drug-likeness (QED) is 0.630. The standard InChI is InChI=1S/C20H25N3OS/c1-2-12-21-20-23-18(14-25-20)16-8-5-9-17(13-16)22-19(24)11-10-15-6-3-4-7-15/h2,5,8-9,13-15H,1,3-4,6-7,10-12H2,(H,21,23)(H,22,24). The number of carbonyl (C=O) groups excluding carboxylic acids is 1. The van der Waals surface area contributed by atoms with Crippen molar-refractivity contribution in [2.45, 2.75) is 38.5 Å². The Bertz CT molecular complexity index is 719. The van der Waals surface area contributed by atoms with Gasteiger partial charge in [0.05, 0.1) is 5.69 Å². The fourth-order valence-corrected chi connectivity index (χ4v) is 3.99. The minimum atomic E-state index is 0.107. The molecular weight excluding hydrogens is 330 g/mol. The third-order valence-corrected chi connectivity index (χ3v) is 5.40. The van der Waals surface area contributed by atoms with E-state index in [0.29, 0.717) is 13.0 Å². The van der Waals surface area contributed by atoms with Gasteiger partial charge in [0.1, 0.15) is 0 Å². The third-order valence-electron chi connectivity index (χ3n) is 4.60. The Morgan fingerprint density at radius 3 is 3.00 bits per heavy atom. The van der Waals surface area contributed by atoms with E-state index < -0.39 is 0 Å². The van der Waals surface area contributed by atoms with Gasteiger partial charge in [0.25, 0.3) is 0 Å². The summed E-state index contributed by atoms with van der Waals surface area (Å²) in [4.78, 5) is 16.8. The van der Waals surface area contributed by atoms with Gasteiger partial charge >= 0.3 is 0 Å². The van der Waals surface area contributed by atoms with Gasteiger partial charge in [-0.05, 0) is 24.5 Å². The van der Waals surface area contributed by atoms with Crippen LogP contribution in [0, 0.1) is 5.92 Å². The minimum absolute atomic E-state index is 0.107. The molecule has 0 aliphatic heterocycles. The molecule has 1 aliphatic carbocycles. The van der Waals surface area contributed by atoms with Crippen molar-refractivity contribution in [1.82, 2.24) is 4.98 Å². The van der Waals surface area contributed by atoms with Gasteiger partial charge in [0, 0.05) is 29.6 Å². The van der Waals surface area contributed by atoms with Crippen LogP contribution in [0.5, 0.6) is 0 Å². The van der Waals surface area contributed by atoms with Gasteiger partial charge in [0.15, 0.2) is 5.13 Å². The van der Waals surface area contributed by atoms with E-state index in [1.165, 1.54) is 25.7 Å². The Balaban J connectivity index is 1.57. The van der Waals surface area contributed by atoms with Crippen molar-refractivity contribution < 1.29 is 4.79 Å². The molecule has 3 rings (SSSR count). The first kappa shape index (κ1) is 17.7. The summed E-state index contributed by atoms with van der Waals surface area (Å²) < 4.78 is 0. The highest BCUT2D eigenvalue weighted by atomic mass is 32.1. The molecule has 1 aromatic heterocycles. The van der Waals surface area contributed by atoms with Crippen LogP contribution in [0.15, 0.2) is 42.3 Å². The predicted molar refractivity (Wildman–Crippen MR) is 106 cm³/mol. The van der Waals surface area contributed by atoms with Crippen molar-refractivity contribution in [1.29, 1.82) is 0 Å². The van der Waals surface area contributed by atoms with Crippen LogP contribution in [-0.2, 0) is 4.79 Å². The Morgan fingerprint density at radius 2 is 2.20 bits per heavy atom. The lowest BCUT2D eigenvalue weighted by Gasteiger charge is -2.09. The molecule has 0 spiro atoms. The highest BCUT2D eigenvalue weighted by molar-refractivity contribution is 7.14. The lowest BCUT2D eigenvalue weighted by atomic mass is 10.0. The lowest BCUT2D eigenvalue weighted by molar-refractivity contribution is -0.116. The summed E-state index contributed by atoms with van der Waals surface area (Å²) in [5, 5.41) is 9.12. The molecule has 132 valence electrons. The molecule has 2 aromatic rings. The molecule has 1 heterocycles. The summed E-state index contributed by atoms with van der Waals surface area (Å²) in [7, 11) is 0. The van der Waals surface area contributed by atoms with E-state index in [0.717, 1.165) is 34.4 Å². The number of amides is 1. The van der Waals surface area contributed by atoms with E-state index in [9.17, 15) is 4.79 Å². The Kier molecular flexibility index (Phi) is 6.23. The second-order valence-corrected chi connectivity index (χ2v) is 7.38. The number of benzene rings is 1. The zero-order chi connectivity index (χ0) is 17.5. The third kappa shape index (κ3) is 5.16. The fraction of sp³-hybridized carbons (Fsp3) is 0.400. The monoisotopic (exact) mass is 355 g/mol. The Labute approximate surface area is 153 Å².